The molecule has 0 N–H and O–H groups in total. The molecule has 0 aliphatic carbocycles. The van der Waals surface area contributed by atoms with Gasteiger partial charge < -0.3 is 9.64 Å². The second-order valence-electron chi connectivity index (χ2n) is 7.28. The van der Waals surface area contributed by atoms with Gasteiger partial charge >= 0.3 is 0 Å². The Labute approximate surface area is 179 Å². The molecule has 0 spiro atoms. The van der Waals surface area contributed by atoms with Gasteiger partial charge in [0.2, 0.25) is 0 Å². The van der Waals surface area contributed by atoms with Crippen molar-refractivity contribution < 1.29 is 13.5 Å². The molecule has 0 bridgehead atoms. The van der Waals surface area contributed by atoms with E-state index in [0.717, 1.165) is 23.0 Å². The maximum absolute atomic E-state index is 14.4. The lowest BCUT2D eigenvalue weighted by Gasteiger charge is -2.40. The van der Waals surface area contributed by atoms with Crippen molar-refractivity contribution in [3.63, 3.8) is 0 Å². The quantitative estimate of drug-likeness (QED) is 0.431. The van der Waals surface area contributed by atoms with E-state index in [1.54, 1.807) is 31.6 Å². The molecule has 1 aromatic heterocycles. The molecular formula is C24H22F2N4O. The molecule has 1 saturated heterocycles. The molecule has 0 amide bonds. The fourth-order valence-electron chi connectivity index (χ4n) is 3.52. The summed E-state index contributed by atoms with van der Waals surface area (Å²) in [7, 11) is 1.68. The maximum atomic E-state index is 14.4. The summed E-state index contributed by atoms with van der Waals surface area (Å²) in [6, 6.07) is 12.7. The van der Waals surface area contributed by atoms with Gasteiger partial charge in [-0.2, -0.15) is 0 Å². The first-order valence-corrected chi connectivity index (χ1v) is 9.86. The molecular weight excluding hydrogens is 398 g/mol. The van der Waals surface area contributed by atoms with Crippen LogP contribution in [0.4, 0.5) is 14.5 Å². The molecule has 4 rings (SSSR count). The first-order valence-electron chi connectivity index (χ1n) is 9.86. The number of aromatic nitrogens is 1. The van der Waals surface area contributed by atoms with Crippen molar-refractivity contribution in [2.45, 2.75) is 12.6 Å². The highest BCUT2D eigenvalue weighted by molar-refractivity contribution is 6.04. The number of pyridine rings is 1. The minimum atomic E-state index is -0.623. The molecule has 7 heteroatoms. The summed E-state index contributed by atoms with van der Waals surface area (Å²) >= 11 is 0. The molecule has 31 heavy (non-hydrogen) atoms. The van der Waals surface area contributed by atoms with Crippen LogP contribution in [0.3, 0.4) is 0 Å². The Morgan fingerprint density at radius 1 is 1.19 bits per heavy atom. The molecule has 1 aliphatic rings. The molecule has 0 unspecified atom stereocenters. The minimum absolute atomic E-state index is 0.126. The second-order valence-corrected chi connectivity index (χ2v) is 7.28. The summed E-state index contributed by atoms with van der Waals surface area (Å²) in [6.07, 6.45) is 3.61. The van der Waals surface area contributed by atoms with E-state index < -0.39 is 11.6 Å². The van der Waals surface area contributed by atoms with Gasteiger partial charge in [-0.3, -0.25) is 15.0 Å². The van der Waals surface area contributed by atoms with Gasteiger partial charge in [0, 0.05) is 49.8 Å². The monoisotopic (exact) mass is 420 g/mol. The van der Waals surface area contributed by atoms with Crippen LogP contribution in [0, 0.1) is 11.6 Å². The summed E-state index contributed by atoms with van der Waals surface area (Å²) in [5.74, 6) is -0.512. The van der Waals surface area contributed by atoms with Crippen LogP contribution in [0.2, 0.25) is 0 Å². The molecule has 1 fully saturated rings. The number of nitrogens with zero attached hydrogens (tertiary/aromatic N) is 4. The van der Waals surface area contributed by atoms with Crippen molar-refractivity contribution in [3.05, 3.63) is 83.7 Å². The summed E-state index contributed by atoms with van der Waals surface area (Å²) in [5, 5.41) is 0. The number of rotatable bonds is 6. The Morgan fingerprint density at radius 3 is 2.71 bits per heavy atom. The van der Waals surface area contributed by atoms with Gasteiger partial charge in [0.25, 0.3) is 0 Å². The number of likely N-dealkylation sites (tertiary alicyclic amines) is 1. The van der Waals surface area contributed by atoms with Crippen LogP contribution in [0.5, 0.6) is 0 Å². The summed E-state index contributed by atoms with van der Waals surface area (Å²) < 4.78 is 33.2. The number of aliphatic imine (C=N–C) groups is 2. The van der Waals surface area contributed by atoms with Gasteiger partial charge in [-0.15, -0.1) is 0 Å². The Morgan fingerprint density at radius 2 is 2.03 bits per heavy atom. The number of ether oxygens (including phenoxy) is 1. The summed E-state index contributed by atoms with van der Waals surface area (Å²) in [4.78, 5) is 15.2. The number of methoxy groups -OCH3 is 1. The van der Waals surface area contributed by atoms with Crippen LogP contribution >= 0.6 is 0 Å². The Balaban J connectivity index is 1.76. The van der Waals surface area contributed by atoms with Gasteiger partial charge in [-0.25, -0.2) is 8.78 Å². The average molecular weight is 420 g/mol. The highest BCUT2D eigenvalue weighted by atomic mass is 19.1. The lowest BCUT2D eigenvalue weighted by atomic mass is 9.99. The predicted octanol–water partition coefficient (Wildman–Crippen LogP) is 4.64. The van der Waals surface area contributed by atoms with Crippen LogP contribution in [0.15, 0.2) is 70.9 Å². The van der Waals surface area contributed by atoms with Crippen LogP contribution in [-0.2, 0) is 11.3 Å². The Kier molecular flexibility index (Phi) is 6.13. The first kappa shape index (κ1) is 20.8. The number of hydrogen-bond donors (Lipinski definition) is 0. The average Bonchev–Trinajstić information content (AvgIpc) is 2.75. The van der Waals surface area contributed by atoms with Crippen molar-refractivity contribution in [1.82, 2.24) is 9.88 Å². The predicted molar refractivity (Wildman–Crippen MR) is 118 cm³/mol. The highest BCUT2D eigenvalue weighted by Gasteiger charge is 2.31. The van der Waals surface area contributed by atoms with Gasteiger partial charge in [0.1, 0.15) is 17.5 Å². The number of amidine groups is 1. The van der Waals surface area contributed by atoms with Crippen molar-refractivity contribution in [2.24, 2.45) is 9.98 Å². The molecule has 158 valence electrons. The number of halogens is 2. The molecule has 2 aromatic carbocycles. The number of hydrogen-bond acceptors (Lipinski definition) is 4. The smallest absolute Gasteiger partial charge is 0.133 e. The van der Waals surface area contributed by atoms with E-state index in [1.165, 1.54) is 12.1 Å². The molecule has 3 aromatic rings. The van der Waals surface area contributed by atoms with E-state index >= 15 is 0 Å². The highest BCUT2D eigenvalue weighted by Crippen LogP contribution is 2.31. The van der Waals surface area contributed by atoms with Crippen LogP contribution in [0.1, 0.15) is 11.1 Å². The third-order valence-electron chi connectivity index (χ3n) is 5.27. The molecule has 1 aliphatic heterocycles. The van der Waals surface area contributed by atoms with E-state index in [-0.39, 0.29) is 6.10 Å². The third kappa shape index (κ3) is 4.51. The lowest BCUT2D eigenvalue weighted by molar-refractivity contribution is 0.00599. The molecule has 0 atom stereocenters. The number of benzene rings is 2. The molecule has 0 radical (unpaired) electrons. The second kappa shape index (κ2) is 9.14. The standard InChI is InChI=1S/C24H22F2N4O/c1-27-23-8-5-17(20-7-6-18(25)11-22(20)26)10-21(23)24(30-14-19(15-30)31-2)29-13-16-4-3-9-28-12-16/h3-12,19H,1,13-15H2,2H3. The van der Waals surface area contributed by atoms with Gasteiger partial charge in [-0.1, -0.05) is 12.1 Å². The zero-order valence-corrected chi connectivity index (χ0v) is 17.1. The Hall–Kier alpha value is -3.45. The van der Waals surface area contributed by atoms with Gasteiger partial charge in [-0.05, 0) is 48.2 Å². The van der Waals surface area contributed by atoms with E-state index in [2.05, 4.69) is 21.6 Å². The van der Waals surface area contributed by atoms with Gasteiger partial charge in [0.15, 0.2) is 0 Å². The zero-order chi connectivity index (χ0) is 21.8. The van der Waals surface area contributed by atoms with Crippen molar-refractivity contribution >= 4 is 18.2 Å². The zero-order valence-electron chi connectivity index (χ0n) is 17.1. The van der Waals surface area contributed by atoms with Crippen molar-refractivity contribution in [2.75, 3.05) is 20.2 Å². The van der Waals surface area contributed by atoms with Gasteiger partial charge in [0.05, 0.1) is 18.3 Å². The topological polar surface area (TPSA) is 50.1 Å². The summed E-state index contributed by atoms with van der Waals surface area (Å²) in [6.45, 7) is 5.49. The van der Waals surface area contributed by atoms with E-state index in [0.29, 0.717) is 36.4 Å². The summed E-state index contributed by atoms with van der Waals surface area (Å²) in [5.41, 5.74) is 3.26. The Bertz CT molecular complexity index is 1110. The van der Waals surface area contributed by atoms with Crippen molar-refractivity contribution in [1.29, 1.82) is 0 Å². The van der Waals surface area contributed by atoms with E-state index in [9.17, 15) is 8.78 Å². The molecule has 5 nitrogen and oxygen atoms in total. The SMILES string of the molecule is C=Nc1ccc(-c2ccc(F)cc2F)cc1C(=NCc1cccnc1)N1CC(OC)C1. The molecule has 2 heterocycles. The van der Waals surface area contributed by atoms with Crippen LogP contribution in [0.25, 0.3) is 11.1 Å². The van der Waals surface area contributed by atoms with Crippen LogP contribution < -0.4 is 0 Å². The normalized spacial score (nSPS) is 14.4. The largest absolute Gasteiger partial charge is 0.378 e. The maximum Gasteiger partial charge on any atom is 0.133 e. The third-order valence-corrected chi connectivity index (χ3v) is 5.27. The van der Waals surface area contributed by atoms with Crippen molar-refractivity contribution in [3.8, 4) is 11.1 Å². The van der Waals surface area contributed by atoms with E-state index in [4.69, 9.17) is 9.73 Å². The van der Waals surface area contributed by atoms with E-state index in [1.807, 2.05) is 18.2 Å². The lowest BCUT2D eigenvalue weighted by Crippen LogP contribution is -2.54. The fourth-order valence-corrected chi connectivity index (χ4v) is 3.52. The van der Waals surface area contributed by atoms with Crippen LogP contribution in [-0.4, -0.2) is 48.7 Å². The minimum Gasteiger partial charge on any atom is -0.378 e. The fraction of sp³-hybridized carbons (Fsp3) is 0.208. The first-order chi connectivity index (χ1) is 15.1. The molecule has 0 saturated carbocycles.